The normalized spacial score (nSPS) is 20.3. The van der Waals surface area contributed by atoms with E-state index in [1.165, 1.54) is 10.6 Å². The summed E-state index contributed by atoms with van der Waals surface area (Å²) in [5.41, 5.74) is 1.82. The SMILES string of the molecule is O=C(C[C@H](c1cn2nc(Cl)c(CN3C[C@@H](C(F)(F)F)NC3=O)cc2n1)C1CCC(F)(F)CC1)OCc1ccccc1. The summed E-state index contributed by atoms with van der Waals surface area (Å²) in [6.45, 7) is -0.737. The highest BCUT2D eigenvalue weighted by molar-refractivity contribution is 6.30. The Balaban J connectivity index is 1.36. The Morgan fingerprint density at radius 1 is 1.20 bits per heavy atom. The fourth-order valence-corrected chi connectivity index (χ4v) is 5.51. The highest BCUT2D eigenvalue weighted by atomic mass is 35.5. The van der Waals surface area contributed by atoms with Crippen LogP contribution in [0.5, 0.6) is 0 Å². The van der Waals surface area contributed by atoms with Crippen molar-refractivity contribution in [3.05, 3.63) is 64.6 Å². The molecule has 0 radical (unpaired) electrons. The van der Waals surface area contributed by atoms with E-state index in [1.54, 1.807) is 6.20 Å². The second-order valence-corrected chi connectivity index (χ2v) is 10.9. The summed E-state index contributed by atoms with van der Waals surface area (Å²) in [5.74, 6) is -4.05. The second-order valence-electron chi connectivity index (χ2n) is 10.5. The molecule has 0 unspecified atom stereocenters. The Morgan fingerprint density at radius 2 is 1.90 bits per heavy atom. The lowest BCUT2D eigenvalue weighted by Crippen LogP contribution is -2.40. The van der Waals surface area contributed by atoms with Crippen molar-refractivity contribution >= 4 is 29.2 Å². The Labute approximate surface area is 236 Å². The fraction of sp³-hybridized carbons (Fsp3) is 0.481. The third-order valence-corrected chi connectivity index (χ3v) is 7.90. The van der Waals surface area contributed by atoms with Crippen molar-refractivity contribution in [3.8, 4) is 0 Å². The summed E-state index contributed by atoms with van der Waals surface area (Å²) < 4.78 is 73.9. The summed E-state index contributed by atoms with van der Waals surface area (Å²) in [6, 6.07) is 7.76. The van der Waals surface area contributed by atoms with Crippen LogP contribution in [0.15, 0.2) is 42.6 Å². The molecule has 1 aliphatic heterocycles. The molecule has 1 saturated carbocycles. The molecular formula is C27H27ClF5N5O3. The van der Waals surface area contributed by atoms with Crippen LogP contribution in [0, 0.1) is 5.92 Å². The average Bonchev–Trinajstić information content (AvgIpc) is 3.50. The van der Waals surface area contributed by atoms with Crippen molar-refractivity contribution in [3.63, 3.8) is 0 Å². The van der Waals surface area contributed by atoms with Gasteiger partial charge in [-0.3, -0.25) is 4.79 Å². The minimum Gasteiger partial charge on any atom is -0.461 e. The zero-order valence-corrected chi connectivity index (χ0v) is 22.5. The Morgan fingerprint density at radius 3 is 2.56 bits per heavy atom. The molecule has 220 valence electrons. The van der Waals surface area contributed by atoms with Gasteiger partial charge in [0.1, 0.15) is 12.6 Å². The number of fused-ring (bicyclic) bond motifs is 1. The fourth-order valence-electron chi connectivity index (χ4n) is 5.32. The van der Waals surface area contributed by atoms with E-state index >= 15 is 0 Å². The number of carbonyl (C=O) groups is 2. The van der Waals surface area contributed by atoms with Gasteiger partial charge in [-0.15, -0.1) is 0 Å². The van der Waals surface area contributed by atoms with E-state index in [-0.39, 0.29) is 67.5 Å². The lowest BCUT2D eigenvalue weighted by molar-refractivity contribution is -0.150. The van der Waals surface area contributed by atoms with Gasteiger partial charge in [0.15, 0.2) is 10.8 Å². The summed E-state index contributed by atoms with van der Waals surface area (Å²) in [6.07, 6.45) is -3.32. The molecule has 2 atom stereocenters. The van der Waals surface area contributed by atoms with Crippen molar-refractivity contribution in [2.75, 3.05) is 6.54 Å². The number of halogens is 6. The van der Waals surface area contributed by atoms with Crippen molar-refractivity contribution in [1.82, 2.24) is 24.8 Å². The van der Waals surface area contributed by atoms with Crippen LogP contribution in [-0.4, -0.2) is 56.2 Å². The maximum Gasteiger partial charge on any atom is 0.410 e. The Hall–Kier alpha value is -3.48. The number of urea groups is 1. The summed E-state index contributed by atoms with van der Waals surface area (Å²) in [4.78, 5) is 30.5. The van der Waals surface area contributed by atoms with E-state index < -0.39 is 42.6 Å². The average molecular weight is 600 g/mol. The van der Waals surface area contributed by atoms with Crippen LogP contribution in [0.25, 0.3) is 5.65 Å². The van der Waals surface area contributed by atoms with Crippen LogP contribution in [-0.2, 0) is 22.7 Å². The van der Waals surface area contributed by atoms with Gasteiger partial charge in [-0.05, 0) is 30.4 Å². The second kappa shape index (κ2) is 11.4. The molecule has 14 heteroatoms. The van der Waals surface area contributed by atoms with E-state index in [9.17, 15) is 31.5 Å². The van der Waals surface area contributed by atoms with Crippen LogP contribution in [0.3, 0.4) is 0 Å². The number of rotatable bonds is 8. The molecule has 2 aliphatic rings. The maximum atomic E-state index is 13.9. The van der Waals surface area contributed by atoms with Gasteiger partial charge in [0.25, 0.3) is 0 Å². The zero-order chi connectivity index (χ0) is 29.4. The predicted molar refractivity (Wildman–Crippen MR) is 137 cm³/mol. The number of amides is 2. The number of hydrogen-bond donors (Lipinski definition) is 1. The molecule has 3 heterocycles. The van der Waals surface area contributed by atoms with Gasteiger partial charge in [-0.2, -0.15) is 18.3 Å². The van der Waals surface area contributed by atoms with Crippen LogP contribution >= 0.6 is 11.6 Å². The molecule has 0 spiro atoms. The summed E-state index contributed by atoms with van der Waals surface area (Å²) in [5, 5.41) is 6.10. The Kier molecular flexibility index (Phi) is 8.09. The van der Waals surface area contributed by atoms with Crippen LogP contribution in [0.4, 0.5) is 26.7 Å². The molecule has 2 aromatic heterocycles. The standard InChI is InChI=1S/C27H27ClF5N5O3/c28-24-18(12-37-14-21(27(31,32)33)35-25(37)40)10-22-34-20(13-38(22)36-24)19(17-6-8-26(29,30)9-7-17)11-23(39)41-15-16-4-2-1-3-5-16/h1-5,10,13,17,19,21H,6-9,11-12,14-15H2,(H,35,40)/t19-,21-/m0/s1. The van der Waals surface area contributed by atoms with Gasteiger partial charge in [0, 0.05) is 24.3 Å². The van der Waals surface area contributed by atoms with Crippen LogP contribution in [0.1, 0.15) is 54.8 Å². The number of aromatic nitrogens is 3. The minimum absolute atomic E-state index is 0.0409. The number of esters is 1. The van der Waals surface area contributed by atoms with Gasteiger partial charge in [0.05, 0.1) is 31.4 Å². The number of alkyl halides is 5. The van der Waals surface area contributed by atoms with Crippen LogP contribution < -0.4 is 5.32 Å². The molecule has 5 rings (SSSR count). The van der Waals surface area contributed by atoms with E-state index in [2.05, 4.69) is 10.1 Å². The quantitative estimate of drug-likeness (QED) is 0.258. The predicted octanol–water partition coefficient (Wildman–Crippen LogP) is 5.88. The molecule has 0 bridgehead atoms. The Bertz CT molecular complexity index is 1410. The molecule has 2 fully saturated rings. The van der Waals surface area contributed by atoms with E-state index in [1.807, 2.05) is 35.6 Å². The van der Waals surface area contributed by atoms with Crippen LogP contribution in [0.2, 0.25) is 5.15 Å². The van der Waals surface area contributed by atoms with E-state index in [0.717, 1.165) is 10.5 Å². The highest BCUT2D eigenvalue weighted by Gasteiger charge is 2.47. The molecule has 2 amide bonds. The first-order valence-electron chi connectivity index (χ1n) is 13.1. The maximum absolute atomic E-state index is 13.9. The number of nitrogens with zero attached hydrogens (tertiary/aromatic N) is 4. The smallest absolute Gasteiger partial charge is 0.410 e. The van der Waals surface area contributed by atoms with Gasteiger partial charge < -0.3 is 15.0 Å². The zero-order valence-electron chi connectivity index (χ0n) is 21.7. The highest BCUT2D eigenvalue weighted by Crippen LogP contribution is 2.43. The molecule has 1 aromatic carbocycles. The summed E-state index contributed by atoms with van der Waals surface area (Å²) >= 11 is 6.31. The summed E-state index contributed by atoms with van der Waals surface area (Å²) in [7, 11) is 0. The van der Waals surface area contributed by atoms with Crippen molar-refractivity contribution in [2.24, 2.45) is 5.92 Å². The van der Waals surface area contributed by atoms with Gasteiger partial charge in [-0.25, -0.2) is 23.1 Å². The molecule has 1 aliphatic carbocycles. The number of benzene rings is 1. The van der Waals surface area contributed by atoms with E-state index in [0.29, 0.717) is 5.69 Å². The van der Waals surface area contributed by atoms with Gasteiger partial charge in [0.2, 0.25) is 5.92 Å². The lowest BCUT2D eigenvalue weighted by atomic mass is 9.76. The molecule has 1 N–H and O–H groups in total. The van der Waals surface area contributed by atoms with Gasteiger partial charge >= 0.3 is 18.2 Å². The number of hydrogen-bond acceptors (Lipinski definition) is 5. The molecular weight excluding hydrogens is 573 g/mol. The van der Waals surface area contributed by atoms with E-state index in [4.69, 9.17) is 16.3 Å². The lowest BCUT2D eigenvalue weighted by Gasteiger charge is -2.32. The number of carbonyl (C=O) groups excluding carboxylic acids is 2. The first-order chi connectivity index (χ1) is 19.4. The van der Waals surface area contributed by atoms with Gasteiger partial charge in [-0.1, -0.05) is 41.9 Å². The largest absolute Gasteiger partial charge is 0.461 e. The number of nitrogens with one attached hydrogen (secondary N) is 1. The van der Waals surface area contributed by atoms with Crippen molar-refractivity contribution in [1.29, 1.82) is 0 Å². The number of ether oxygens (including phenoxy) is 1. The molecule has 41 heavy (non-hydrogen) atoms. The molecule has 8 nitrogen and oxygen atoms in total. The minimum atomic E-state index is -4.59. The van der Waals surface area contributed by atoms with Crippen molar-refractivity contribution < 1.29 is 36.3 Å². The third-order valence-electron chi connectivity index (χ3n) is 7.58. The topological polar surface area (TPSA) is 88.8 Å². The molecule has 1 saturated heterocycles. The number of imidazole rings is 1. The monoisotopic (exact) mass is 599 g/mol. The van der Waals surface area contributed by atoms with Crippen molar-refractivity contribution in [2.45, 2.75) is 69.3 Å². The molecule has 3 aromatic rings. The first kappa shape index (κ1) is 29.0. The third kappa shape index (κ3) is 6.88. The first-order valence-corrected chi connectivity index (χ1v) is 13.5.